The van der Waals surface area contributed by atoms with E-state index in [1.54, 1.807) is 12.1 Å². The first kappa shape index (κ1) is 17.9. The third-order valence-corrected chi connectivity index (χ3v) is 3.74. The molecule has 0 saturated heterocycles. The summed E-state index contributed by atoms with van der Waals surface area (Å²) in [5.74, 6) is 0.837. The second-order valence-corrected chi connectivity index (χ2v) is 5.69. The van der Waals surface area contributed by atoms with Gasteiger partial charge in [0.15, 0.2) is 0 Å². The highest BCUT2D eigenvalue weighted by molar-refractivity contribution is 6.32. The highest BCUT2D eigenvalue weighted by Crippen LogP contribution is 2.35. The van der Waals surface area contributed by atoms with Crippen LogP contribution in [0.15, 0.2) is 36.4 Å². The fraction of sp³-hybridized carbons (Fsp3) is 0.278. The van der Waals surface area contributed by atoms with Gasteiger partial charge in [-0.3, -0.25) is 4.79 Å². The summed E-state index contributed by atoms with van der Waals surface area (Å²) in [5.41, 5.74) is 2.69. The Bertz CT molecular complexity index is 719. The molecule has 0 radical (unpaired) electrons. The topological polar surface area (TPSA) is 59.6 Å². The van der Waals surface area contributed by atoms with Crippen molar-refractivity contribution in [1.82, 2.24) is 0 Å². The minimum Gasteiger partial charge on any atom is -0.495 e. The average Bonchev–Trinajstić information content (AvgIpc) is 2.56. The quantitative estimate of drug-likeness (QED) is 0.790. The van der Waals surface area contributed by atoms with Gasteiger partial charge in [-0.15, -0.1) is 0 Å². The van der Waals surface area contributed by atoms with Crippen LogP contribution in [0.4, 0.5) is 11.4 Å². The molecule has 0 aliphatic heterocycles. The molecule has 0 spiro atoms. The van der Waals surface area contributed by atoms with Crippen molar-refractivity contribution in [1.29, 1.82) is 0 Å². The van der Waals surface area contributed by atoms with Gasteiger partial charge in [-0.05, 0) is 24.6 Å². The van der Waals surface area contributed by atoms with Gasteiger partial charge in [0.05, 0.1) is 24.9 Å². The minimum atomic E-state index is -0.127. The maximum Gasteiger partial charge on any atom is 0.226 e. The number of carbonyl (C=O) groups is 1. The fourth-order valence-electron chi connectivity index (χ4n) is 2.25. The van der Waals surface area contributed by atoms with Crippen molar-refractivity contribution in [3.8, 4) is 11.5 Å². The number of nitrogens with one attached hydrogen (secondary N) is 2. The van der Waals surface area contributed by atoms with Gasteiger partial charge in [0.1, 0.15) is 11.5 Å². The number of hydrogen-bond acceptors (Lipinski definition) is 4. The van der Waals surface area contributed by atoms with E-state index in [0.29, 0.717) is 35.2 Å². The molecule has 0 fully saturated rings. The van der Waals surface area contributed by atoms with Crippen molar-refractivity contribution in [3.05, 3.63) is 47.0 Å². The molecule has 0 aromatic heterocycles. The molecule has 0 saturated carbocycles. The predicted octanol–water partition coefficient (Wildman–Crippen LogP) is 4.11. The molecule has 0 aliphatic carbocycles. The van der Waals surface area contributed by atoms with Gasteiger partial charge >= 0.3 is 0 Å². The molecule has 0 unspecified atom stereocenters. The van der Waals surface area contributed by atoms with Gasteiger partial charge in [0.2, 0.25) is 5.91 Å². The van der Waals surface area contributed by atoms with E-state index in [-0.39, 0.29) is 5.91 Å². The summed E-state index contributed by atoms with van der Waals surface area (Å²) in [6.07, 6.45) is 0.321. The van der Waals surface area contributed by atoms with Crippen LogP contribution in [0.1, 0.15) is 12.0 Å². The third kappa shape index (κ3) is 4.80. The van der Waals surface area contributed by atoms with Gasteiger partial charge in [0.25, 0.3) is 0 Å². The van der Waals surface area contributed by atoms with Crippen LogP contribution in [0, 0.1) is 6.92 Å². The molecule has 0 heterocycles. The largest absolute Gasteiger partial charge is 0.495 e. The van der Waals surface area contributed by atoms with Crippen LogP contribution in [0.25, 0.3) is 0 Å². The summed E-state index contributed by atoms with van der Waals surface area (Å²) >= 11 is 6.05. The van der Waals surface area contributed by atoms with Crippen molar-refractivity contribution < 1.29 is 14.3 Å². The smallest absolute Gasteiger partial charge is 0.226 e. The Morgan fingerprint density at radius 3 is 2.54 bits per heavy atom. The number of rotatable bonds is 7. The molecule has 6 heteroatoms. The summed E-state index contributed by atoms with van der Waals surface area (Å²) in [7, 11) is 3.04. The van der Waals surface area contributed by atoms with E-state index in [2.05, 4.69) is 10.6 Å². The molecule has 128 valence electrons. The van der Waals surface area contributed by atoms with E-state index in [1.807, 2.05) is 31.2 Å². The van der Waals surface area contributed by atoms with Gasteiger partial charge < -0.3 is 20.1 Å². The molecular weight excluding hydrogens is 328 g/mol. The van der Waals surface area contributed by atoms with Crippen molar-refractivity contribution in [2.75, 3.05) is 31.4 Å². The Hall–Kier alpha value is -2.40. The van der Waals surface area contributed by atoms with Crippen LogP contribution < -0.4 is 20.1 Å². The number of anilines is 2. The lowest BCUT2D eigenvalue weighted by Gasteiger charge is -2.13. The summed E-state index contributed by atoms with van der Waals surface area (Å²) < 4.78 is 10.4. The second-order valence-electron chi connectivity index (χ2n) is 5.28. The zero-order chi connectivity index (χ0) is 17.5. The molecule has 2 aromatic carbocycles. The monoisotopic (exact) mass is 348 g/mol. The maximum atomic E-state index is 12.1. The first-order chi connectivity index (χ1) is 11.5. The van der Waals surface area contributed by atoms with E-state index < -0.39 is 0 Å². The van der Waals surface area contributed by atoms with E-state index in [1.165, 1.54) is 19.8 Å². The number of ether oxygens (including phenoxy) is 2. The normalized spacial score (nSPS) is 10.2. The zero-order valence-electron chi connectivity index (χ0n) is 14.0. The van der Waals surface area contributed by atoms with Gasteiger partial charge in [0, 0.05) is 30.8 Å². The summed E-state index contributed by atoms with van der Waals surface area (Å²) in [6, 6.07) is 11.3. The van der Waals surface area contributed by atoms with Crippen LogP contribution in [-0.2, 0) is 4.79 Å². The number of aryl methyl sites for hydroxylation is 1. The lowest BCUT2D eigenvalue weighted by Crippen LogP contribution is -2.16. The number of amides is 1. The number of carbonyl (C=O) groups excluding carboxylic acids is 1. The van der Waals surface area contributed by atoms with Crippen molar-refractivity contribution in [2.45, 2.75) is 13.3 Å². The Kier molecular flexibility index (Phi) is 6.32. The van der Waals surface area contributed by atoms with Crippen molar-refractivity contribution >= 4 is 28.9 Å². The van der Waals surface area contributed by atoms with E-state index in [9.17, 15) is 4.79 Å². The summed E-state index contributed by atoms with van der Waals surface area (Å²) in [6.45, 7) is 2.56. The van der Waals surface area contributed by atoms with Crippen LogP contribution in [0.5, 0.6) is 11.5 Å². The first-order valence-electron chi connectivity index (χ1n) is 7.55. The van der Waals surface area contributed by atoms with Crippen LogP contribution >= 0.6 is 11.6 Å². The third-order valence-electron chi connectivity index (χ3n) is 3.45. The highest BCUT2D eigenvalue weighted by Gasteiger charge is 2.12. The molecule has 5 nitrogen and oxygen atoms in total. The molecule has 1 amide bonds. The number of hydrogen-bond donors (Lipinski definition) is 2. The summed E-state index contributed by atoms with van der Waals surface area (Å²) in [5, 5.41) is 6.47. The lowest BCUT2D eigenvalue weighted by molar-refractivity contribution is -0.115. The molecule has 24 heavy (non-hydrogen) atoms. The molecule has 2 aromatic rings. The van der Waals surface area contributed by atoms with E-state index in [4.69, 9.17) is 21.1 Å². The van der Waals surface area contributed by atoms with Gasteiger partial charge in [-0.1, -0.05) is 23.7 Å². The SMILES string of the molecule is COc1cc(NC(=O)CCNc2cccc(C)c2)c(OC)cc1Cl. The molecular formula is C18H21ClN2O3. The molecule has 0 aliphatic rings. The molecule has 0 atom stereocenters. The molecule has 2 N–H and O–H groups in total. The number of methoxy groups -OCH3 is 2. The van der Waals surface area contributed by atoms with Gasteiger partial charge in [-0.2, -0.15) is 0 Å². The highest BCUT2D eigenvalue weighted by atomic mass is 35.5. The van der Waals surface area contributed by atoms with E-state index >= 15 is 0 Å². The maximum absolute atomic E-state index is 12.1. The van der Waals surface area contributed by atoms with Crippen LogP contribution in [-0.4, -0.2) is 26.7 Å². The second kappa shape index (κ2) is 8.45. The van der Waals surface area contributed by atoms with Crippen LogP contribution in [0.2, 0.25) is 5.02 Å². The first-order valence-corrected chi connectivity index (χ1v) is 7.93. The zero-order valence-corrected chi connectivity index (χ0v) is 14.7. The lowest BCUT2D eigenvalue weighted by atomic mass is 10.2. The van der Waals surface area contributed by atoms with E-state index in [0.717, 1.165) is 5.69 Å². The molecule has 0 bridgehead atoms. The standard InChI is InChI=1S/C18H21ClN2O3/c1-12-5-4-6-13(9-12)20-8-7-18(22)21-15-11-16(23-2)14(19)10-17(15)24-3/h4-6,9-11,20H,7-8H2,1-3H3,(H,21,22). The number of halogens is 1. The Morgan fingerprint density at radius 1 is 1.12 bits per heavy atom. The van der Waals surface area contributed by atoms with Gasteiger partial charge in [-0.25, -0.2) is 0 Å². The average molecular weight is 349 g/mol. The Labute approximate surface area is 146 Å². The Balaban J connectivity index is 1.94. The van der Waals surface area contributed by atoms with Crippen LogP contribution in [0.3, 0.4) is 0 Å². The fourth-order valence-corrected chi connectivity index (χ4v) is 2.48. The predicted molar refractivity (Wildman–Crippen MR) is 97.5 cm³/mol. The minimum absolute atomic E-state index is 0.127. The van der Waals surface area contributed by atoms with Crippen molar-refractivity contribution in [3.63, 3.8) is 0 Å². The number of benzene rings is 2. The summed E-state index contributed by atoms with van der Waals surface area (Å²) in [4.78, 5) is 12.1. The molecule has 2 rings (SSSR count). The Morgan fingerprint density at radius 2 is 1.88 bits per heavy atom. The van der Waals surface area contributed by atoms with Crippen molar-refractivity contribution in [2.24, 2.45) is 0 Å².